The van der Waals surface area contributed by atoms with Gasteiger partial charge in [-0.3, -0.25) is 4.79 Å². The van der Waals surface area contributed by atoms with Gasteiger partial charge in [-0.1, -0.05) is 29.3 Å². The fraction of sp³-hybridized carbons (Fsp3) is 0.263. The molecule has 0 atom stereocenters. The van der Waals surface area contributed by atoms with Crippen LogP contribution in [-0.2, 0) is 0 Å². The van der Waals surface area contributed by atoms with Gasteiger partial charge in [0.25, 0.3) is 5.91 Å². The second-order valence-electron chi connectivity index (χ2n) is 5.89. The zero-order chi connectivity index (χ0) is 17.8. The van der Waals surface area contributed by atoms with Crippen molar-refractivity contribution in [1.82, 2.24) is 10.3 Å². The van der Waals surface area contributed by atoms with Crippen molar-refractivity contribution in [2.24, 2.45) is 0 Å². The Kier molecular flexibility index (Phi) is 5.38. The van der Waals surface area contributed by atoms with Gasteiger partial charge in [-0.05, 0) is 43.2 Å². The zero-order valence-electron chi connectivity index (χ0n) is 14.2. The lowest BCUT2D eigenvalue weighted by molar-refractivity contribution is 0.0948. The molecule has 0 fully saturated rings. The minimum absolute atomic E-state index is 0.193. The van der Waals surface area contributed by atoms with Gasteiger partial charge in [0.1, 0.15) is 17.1 Å². The number of aromatic nitrogens is 1. The van der Waals surface area contributed by atoms with E-state index in [4.69, 9.17) is 4.42 Å². The number of aryl methyl sites for hydroxylation is 1. The predicted molar refractivity (Wildman–Crippen MR) is 103 cm³/mol. The lowest BCUT2D eigenvalue weighted by atomic mass is 10.2. The zero-order valence-corrected chi connectivity index (χ0v) is 15.8. The van der Waals surface area contributed by atoms with E-state index in [1.165, 1.54) is 0 Å². The summed E-state index contributed by atoms with van der Waals surface area (Å²) in [6.07, 6.45) is 3.57. The number of carbonyl (C=O) groups is 1. The summed E-state index contributed by atoms with van der Waals surface area (Å²) in [5.41, 5.74) is 2.99. The third-order valence-corrected chi connectivity index (χ3v) is 4.81. The van der Waals surface area contributed by atoms with E-state index < -0.39 is 0 Å². The number of carbonyl (C=O) groups excluding carboxylic acids is 1. The number of nitrogens with one attached hydrogen (secondary N) is 2. The molecule has 3 rings (SSSR count). The van der Waals surface area contributed by atoms with Crippen molar-refractivity contribution in [2.75, 3.05) is 11.9 Å². The van der Waals surface area contributed by atoms with Crippen LogP contribution < -0.4 is 10.6 Å². The van der Waals surface area contributed by atoms with Crippen molar-refractivity contribution in [3.8, 4) is 0 Å². The average molecular weight is 402 g/mol. The number of halogens is 1. The van der Waals surface area contributed by atoms with E-state index in [1.54, 1.807) is 12.3 Å². The molecule has 0 aliphatic heterocycles. The van der Waals surface area contributed by atoms with Gasteiger partial charge in [-0.15, -0.1) is 0 Å². The molecule has 0 bridgehead atoms. The van der Waals surface area contributed by atoms with Crippen LogP contribution >= 0.6 is 15.9 Å². The summed E-state index contributed by atoms with van der Waals surface area (Å²) in [6.45, 7) is 4.75. The number of amides is 1. The molecule has 0 spiro atoms. The molecule has 0 saturated heterocycles. The maximum atomic E-state index is 12.3. The van der Waals surface area contributed by atoms with Crippen LogP contribution in [0.4, 0.5) is 11.5 Å². The molecule has 0 radical (unpaired) electrons. The van der Waals surface area contributed by atoms with Crippen molar-refractivity contribution in [1.29, 1.82) is 0 Å². The minimum atomic E-state index is -0.193. The summed E-state index contributed by atoms with van der Waals surface area (Å²) in [7, 11) is 0. The van der Waals surface area contributed by atoms with E-state index in [1.807, 2.05) is 31.2 Å². The second-order valence-corrected chi connectivity index (χ2v) is 6.74. The quantitative estimate of drug-likeness (QED) is 0.558. The summed E-state index contributed by atoms with van der Waals surface area (Å²) < 4.78 is 6.53. The molecule has 25 heavy (non-hydrogen) atoms. The maximum absolute atomic E-state index is 12.3. The van der Waals surface area contributed by atoms with Crippen molar-refractivity contribution in [2.45, 2.75) is 26.7 Å². The minimum Gasteiger partial charge on any atom is -0.464 e. The fourth-order valence-corrected chi connectivity index (χ4v) is 2.75. The van der Waals surface area contributed by atoms with Crippen LogP contribution in [0.5, 0.6) is 0 Å². The van der Waals surface area contributed by atoms with Crippen molar-refractivity contribution in [3.05, 3.63) is 52.3 Å². The molecule has 0 aliphatic carbocycles. The van der Waals surface area contributed by atoms with Crippen LogP contribution in [0.1, 0.15) is 35.8 Å². The second kappa shape index (κ2) is 7.70. The molecule has 130 valence electrons. The van der Waals surface area contributed by atoms with Crippen LogP contribution in [0.25, 0.3) is 11.0 Å². The van der Waals surface area contributed by atoms with E-state index in [0.717, 1.165) is 34.0 Å². The molecule has 3 aromatic rings. The maximum Gasteiger partial charge on any atom is 0.270 e. The number of furan rings is 1. The fourth-order valence-electron chi connectivity index (χ4n) is 2.51. The average Bonchev–Trinajstić information content (AvgIpc) is 3.07. The Hall–Kier alpha value is -2.34. The highest BCUT2D eigenvalue weighted by molar-refractivity contribution is 9.10. The predicted octanol–water partition coefficient (Wildman–Crippen LogP) is 5.17. The molecule has 1 aromatic carbocycles. The van der Waals surface area contributed by atoms with Gasteiger partial charge >= 0.3 is 0 Å². The van der Waals surface area contributed by atoms with Gasteiger partial charge in [0.2, 0.25) is 0 Å². The van der Waals surface area contributed by atoms with E-state index >= 15 is 0 Å². The van der Waals surface area contributed by atoms with Crippen molar-refractivity contribution >= 4 is 44.3 Å². The Bertz CT molecular complexity index is 905. The van der Waals surface area contributed by atoms with Crippen LogP contribution in [0.2, 0.25) is 0 Å². The summed E-state index contributed by atoms with van der Waals surface area (Å²) in [5, 5.41) is 7.02. The number of nitrogens with zero attached hydrogens (tertiary/aromatic N) is 1. The Labute approximate surface area is 155 Å². The van der Waals surface area contributed by atoms with E-state index in [2.05, 4.69) is 38.5 Å². The van der Waals surface area contributed by atoms with E-state index in [9.17, 15) is 4.79 Å². The molecule has 2 aromatic heterocycles. The van der Waals surface area contributed by atoms with Crippen molar-refractivity contribution in [3.63, 3.8) is 0 Å². The summed E-state index contributed by atoms with van der Waals surface area (Å²) in [5.74, 6) is 0.412. The highest BCUT2D eigenvalue weighted by Gasteiger charge is 2.14. The number of hydrogen-bond acceptors (Lipinski definition) is 4. The highest BCUT2D eigenvalue weighted by Crippen LogP contribution is 2.28. The Balaban J connectivity index is 1.92. The molecule has 0 unspecified atom stereocenters. The topological polar surface area (TPSA) is 67.2 Å². The molecule has 0 saturated carbocycles. The first-order valence-electron chi connectivity index (χ1n) is 8.28. The van der Waals surface area contributed by atoms with Gasteiger partial charge in [0.15, 0.2) is 0 Å². The van der Waals surface area contributed by atoms with E-state index in [-0.39, 0.29) is 5.91 Å². The molecule has 5 nitrogen and oxygen atoms in total. The van der Waals surface area contributed by atoms with Gasteiger partial charge in [-0.25, -0.2) is 4.98 Å². The van der Waals surface area contributed by atoms with Crippen molar-refractivity contribution < 1.29 is 9.21 Å². The molecule has 0 aliphatic rings. The number of fused-ring (bicyclic) bond motifs is 1. The lowest BCUT2D eigenvalue weighted by Gasteiger charge is -2.10. The number of benzene rings is 1. The standard InChI is InChI=1S/C19H20BrN3O2/c1-3-4-8-21-19(24)16-11-17-14(7-9-25-17)18(23-16)22-13-5-6-15(20)12(2)10-13/h5-7,9-11H,3-4,8H2,1-2H3,(H,21,24)(H,22,23). The molecule has 2 heterocycles. The largest absolute Gasteiger partial charge is 0.464 e. The van der Waals surface area contributed by atoms with Gasteiger partial charge < -0.3 is 15.1 Å². The Morgan fingerprint density at radius 3 is 2.88 bits per heavy atom. The van der Waals surface area contributed by atoms with Crippen LogP contribution in [0, 0.1) is 6.92 Å². The molecule has 1 amide bonds. The first-order valence-corrected chi connectivity index (χ1v) is 9.07. The lowest BCUT2D eigenvalue weighted by Crippen LogP contribution is -2.25. The number of anilines is 2. The monoisotopic (exact) mass is 401 g/mol. The highest BCUT2D eigenvalue weighted by atomic mass is 79.9. The van der Waals surface area contributed by atoms with Crippen LogP contribution in [0.3, 0.4) is 0 Å². The normalized spacial score (nSPS) is 10.8. The number of unbranched alkanes of at least 4 members (excludes halogenated alkanes) is 1. The SMILES string of the molecule is CCCCNC(=O)c1cc2occc2c(Nc2ccc(Br)c(C)c2)n1. The summed E-state index contributed by atoms with van der Waals surface area (Å²) >= 11 is 3.50. The smallest absolute Gasteiger partial charge is 0.270 e. The van der Waals surface area contributed by atoms with Gasteiger partial charge in [0, 0.05) is 22.8 Å². The van der Waals surface area contributed by atoms with Gasteiger partial charge in [0.05, 0.1) is 11.6 Å². The Morgan fingerprint density at radius 2 is 2.12 bits per heavy atom. The molecule has 2 N–H and O–H groups in total. The first-order chi connectivity index (χ1) is 12.1. The number of pyridine rings is 1. The summed E-state index contributed by atoms with van der Waals surface area (Å²) in [4.78, 5) is 16.8. The van der Waals surface area contributed by atoms with Crippen LogP contribution in [0.15, 0.2) is 45.5 Å². The third-order valence-electron chi connectivity index (χ3n) is 3.92. The number of hydrogen-bond donors (Lipinski definition) is 2. The summed E-state index contributed by atoms with van der Waals surface area (Å²) in [6, 6.07) is 9.47. The van der Waals surface area contributed by atoms with Gasteiger partial charge in [-0.2, -0.15) is 0 Å². The first kappa shape index (κ1) is 17.5. The van der Waals surface area contributed by atoms with Crippen LogP contribution in [-0.4, -0.2) is 17.4 Å². The molecular formula is C19H20BrN3O2. The van der Waals surface area contributed by atoms with E-state index in [0.29, 0.717) is 23.6 Å². The third kappa shape index (κ3) is 4.02. The Morgan fingerprint density at radius 1 is 1.28 bits per heavy atom. The molecular weight excluding hydrogens is 382 g/mol. The number of rotatable bonds is 6. The molecule has 6 heteroatoms.